The highest BCUT2D eigenvalue weighted by Gasteiger charge is 2.31. The summed E-state index contributed by atoms with van der Waals surface area (Å²) in [7, 11) is 0. The van der Waals surface area contributed by atoms with Gasteiger partial charge in [0.15, 0.2) is 0 Å². The molecule has 3 heterocycles. The first kappa shape index (κ1) is 17.5. The van der Waals surface area contributed by atoms with Gasteiger partial charge in [0.2, 0.25) is 5.91 Å². The lowest BCUT2D eigenvalue weighted by atomic mass is 10.00. The first-order valence-corrected chi connectivity index (χ1v) is 9.68. The van der Waals surface area contributed by atoms with Gasteiger partial charge in [0, 0.05) is 45.9 Å². The maximum atomic E-state index is 12.7. The van der Waals surface area contributed by atoms with Gasteiger partial charge in [-0.25, -0.2) is 0 Å². The molecule has 1 aromatic carbocycles. The molecule has 0 unspecified atom stereocenters. The SMILES string of the molecule is O=C(CN1CCN(C(=O)[C@@H]2CCCO2)CC1)N1CCc2ccccc2C1. The molecular formula is C20H27N3O3. The zero-order valence-electron chi connectivity index (χ0n) is 15.2. The number of nitrogens with zero attached hydrogens (tertiary/aromatic N) is 3. The quantitative estimate of drug-likeness (QED) is 0.806. The third kappa shape index (κ3) is 3.76. The maximum absolute atomic E-state index is 12.7. The summed E-state index contributed by atoms with van der Waals surface area (Å²) in [5, 5.41) is 0. The standard InChI is InChI=1S/C20H27N3O3/c24-19(23-8-7-16-4-1-2-5-17(16)14-23)15-21-9-11-22(12-10-21)20(25)18-6-3-13-26-18/h1-2,4-5,18H,3,6-15H2/t18-/m0/s1. The summed E-state index contributed by atoms with van der Waals surface area (Å²) in [5.74, 6) is 0.319. The molecule has 1 aromatic rings. The van der Waals surface area contributed by atoms with E-state index in [1.165, 1.54) is 11.1 Å². The number of piperazine rings is 1. The average molecular weight is 357 g/mol. The second-order valence-corrected chi connectivity index (χ2v) is 7.44. The Morgan fingerprint density at radius 3 is 2.50 bits per heavy atom. The van der Waals surface area contributed by atoms with E-state index < -0.39 is 0 Å². The van der Waals surface area contributed by atoms with Crippen LogP contribution in [0, 0.1) is 0 Å². The van der Waals surface area contributed by atoms with Crippen molar-refractivity contribution in [1.82, 2.24) is 14.7 Å². The fourth-order valence-corrected chi connectivity index (χ4v) is 4.10. The zero-order chi connectivity index (χ0) is 17.9. The molecule has 2 saturated heterocycles. The van der Waals surface area contributed by atoms with E-state index in [-0.39, 0.29) is 17.9 Å². The normalized spacial score (nSPS) is 23.8. The fourth-order valence-electron chi connectivity index (χ4n) is 4.10. The van der Waals surface area contributed by atoms with Gasteiger partial charge in [-0.05, 0) is 30.4 Å². The van der Waals surface area contributed by atoms with E-state index in [1.807, 2.05) is 15.9 Å². The van der Waals surface area contributed by atoms with E-state index in [2.05, 4.69) is 23.1 Å². The summed E-state index contributed by atoms with van der Waals surface area (Å²) in [6.07, 6.45) is 2.51. The lowest BCUT2D eigenvalue weighted by Crippen LogP contribution is -2.53. The minimum Gasteiger partial charge on any atom is -0.368 e. The molecule has 0 bridgehead atoms. The van der Waals surface area contributed by atoms with Crippen LogP contribution >= 0.6 is 0 Å². The molecule has 0 aliphatic carbocycles. The first-order valence-electron chi connectivity index (χ1n) is 9.68. The number of hydrogen-bond acceptors (Lipinski definition) is 4. The topological polar surface area (TPSA) is 53.1 Å². The van der Waals surface area contributed by atoms with Gasteiger partial charge >= 0.3 is 0 Å². The Morgan fingerprint density at radius 2 is 1.77 bits per heavy atom. The van der Waals surface area contributed by atoms with Crippen molar-refractivity contribution in [3.8, 4) is 0 Å². The van der Waals surface area contributed by atoms with Crippen LogP contribution in [0.15, 0.2) is 24.3 Å². The van der Waals surface area contributed by atoms with Gasteiger partial charge in [0.1, 0.15) is 6.10 Å². The minimum absolute atomic E-state index is 0.126. The van der Waals surface area contributed by atoms with E-state index in [4.69, 9.17) is 4.74 Å². The summed E-state index contributed by atoms with van der Waals surface area (Å²) < 4.78 is 5.50. The third-order valence-corrected chi connectivity index (χ3v) is 5.73. The van der Waals surface area contributed by atoms with Crippen LogP contribution in [0.5, 0.6) is 0 Å². The summed E-state index contributed by atoms with van der Waals surface area (Å²) in [6.45, 7) is 5.56. The van der Waals surface area contributed by atoms with Gasteiger partial charge in [0.05, 0.1) is 6.54 Å². The molecule has 2 fully saturated rings. The number of fused-ring (bicyclic) bond motifs is 1. The molecule has 140 valence electrons. The molecule has 6 nitrogen and oxygen atoms in total. The van der Waals surface area contributed by atoms with Gasteiger partial charge in [-0.2, -0.15) is 0 Å². The number of ether oxygens (including phenoxy) is 1. The fraction of sp³-hybridized carbons (Fsp3) is 0.600. The second-order valence-electron chi connectivity index (χ2n) is 7.44. The van der Waals surface area contributed by atoms with Crippen molar-refractivity contribution < 1.29 is 14.3 Å². The second kappa shape index (κ2) is 7.76. The summed E-state index contributed by atoms with van der Waals surface area (Å²) >= 11 is 0. The van der Waals surface area contributed by atoms with Crippen LogP contribution < -0.4 is 0 Å². The number of carbonyl (C=O) groups is 2. The van der Waals surface area contributed by atoms with E-state index in [9.17, 15) is 9.59 Å². The molecular weight excluding hydrogens is 330 g/mol. The van der Waals surface area contributed by atoms with Crippen LogP contribution in [0.4, 0.5) is 0 Å². The van der Waals surface area contributed by atoms with E-state index >= 15 is 0 Å². The zero-order valence-corrected chi connectivity index (χ0v) is 15.2. The Balaban J connectivity index is 1.25. The number of benzene rings is 1. The Labute approximate surface area is 154 Å². The number of amides is 2. The molecule has 3 aliphatic heterocycles. The van der Waals surface area contributed by atoms with Crippen LogP contribution in [0.1, 0.15) is 24.0 Å². The predicted molar refractivity (Wildman–Crippen MR) is 97.6 cm³/mol. The Morgan fingerprint density at radius 1 is 1.00 bits per heavy atom. The largest absolute Gasteiger partial charge is 0.368 e. The van der Waals surface area contributed by atoms with E-state index in [1.54, 1.807) is 0 Å². The summed E-state index contributed by atoms with van der Waals surface area (Å²) in [5.41, 5.74) is 2.62. The molecule has 0 saturated carbocycles. The van der Waals surface area contributed by atoms with Crippen LogP contribution in [0.25, 0.3) is 0 Å². The third-order valence-electron chi connectivity index (χ3n) is 5.73. The molecule has 1 atom stereocenters. The van der Waals surface area contributed by atoms with Gasteiger partial charge in [-0.1, -0.05) is 24.3 Å². The van der Waals surface area contributed by atoms with Crippen LogP contribution in [-0.2, 0) is 27.3 Å². The number of carbonyl (C=O) groups excluding carboxylic acids is 2. The van der Waals surface area contributed by atoms with Crippen molar-refractivity contribution in [3.05, 3.63) is 35.4 Å². The van der Waals surface area contributed by atoms with Crippen molar-refractivity contribution in [1.29, 1.82) is 0 Å². The van der Waals surface area contributed by atoms with E-state index in [0.717, 1.165) is 38.9 Å². The highest BCUT2D eigenvalue weighted by molar-refractivity contribution is 5.81. The Kier molecular flexibility index (Phi) is 5.22. The smallest absolute Gasteiger partial charge is 0.251 e. The lowest BCUT2D eigenvalue weighted by molar-refractivity contribution is -0.143. The van der Waals surface area contributed by atoms with Crippen LogP contribution in [0.2, 0.25) is 0 Å². The van der Waals surface area contributed by atoms with E-state index in [0.29, 0.717) is 32.8 Å². The average Bonchev–Trinajstić information content (AvgIpc) is 3.22. The predicted octanol–water partition coefficient (Wildman–Crippen LogP) is 0.895. The molecule has 6 heteroatoms. The number of hydrogen-bond donors (Lipinski definition) is 0. The minimum atomic E-state index is -0.239. The van der Waals surface area contributed by atoms with Gasteiger partial charge in [0.25, 0.3) is 5.91 Å². The maximum Gasteiger partial charge on any atom is 0.251 e. The molecule has 2 amide bonds. The van der Waals surface area contributed by atoms with Crippen molar-refractivity contribution >= 4 is 11.8 Å². The first-order chi connectivity index (χ1) is 12.7. The monoisotopic (exact) mass is 357 g/mol. The molecule has 0 radical (unpaired) electrons. The Bertz CT molecular complexity index is 664. The van der Waals surface area contributed by atoms with Crippen LogP contribution in [-0.4, -0.2) is 78.5 Å². The van der Waals surface area contributed by atoms with Crippen molar-refractivity contribution in [3.63, 3.8) is 0 Å². The van der Waals surface area contributed by atoms with Gasteiger partial charge in [-0.3, -0.25) is 14.5 Å². The molecule has 0 aromatic heterocycles. The Hall–Kier alpha value is -1.92. The van der Waals surface area contributed by atoms with Gasteiger partial charge in [-0.15, -0.1) is 0 Å². The summed E-state index contributed by atoms with van der Waals surface area (Å²) in [4.78, 5) is 31.1. The van der Waals surface area contributed by atoms with Crippen LogP contribution in [0.3, 0.4) is 0 Å². The molecule has 26 heavy (non-hydrogen) atoms. The number of rotatable bonds is 3. The highest BCUT2D eigenvalue weighted by Crippen LogP contribution is 2.19. The molecule has 4 rings (SSSR count). The molecule has 0 spiro atoms. The van der Waals surface area contributed by atoms with Gasteiger partial charge < -0.3 is 14.5 Å². The highest BCUT2D eigenvalue weighted by atomic mass is 16.5. The summed E-state index contributed by atoms with van der Waals surface area (Å²) in [6, 6.07) is 8.37. The van der Waals surface area contributed by atoms with Crippen molar-refractivity contribution in [2.24, 2.45) is 0 Å². The van der Waals surface area contributed by atoms with Crippen molar-refractivity contribution in [2.45, 2.75) is 31.9 Å². The molecule has 3 aliphatic rings. The van der Waals surface area contributed by atoms with Crippen molar-refractivity contribution in [2.75, 3.05) is 45.9 Å². The molecule has 0 N–H and O–H groups in total. The lowest BCUT2D eigenvalue weighted by Gasteiger charge is -2.37.